The van der Waals surface area contributed by atoms with Crippen LogP contribution in [0.1, 0.15) is 23.2 Å². The van der Waals surface area contributed by atoms with Crippen molar-refractivity contribution in [1.29, 1.82) is 0 Å². The zero-order chi connectivity index (χ0) is 12.1. The van der Waals surface area contributed by atoms with Gasteiger partial charge < -0.3 is 10.6 Å². The van der Waals surface area contributed by atoms with Gasteiger partial charge in [-0.25, -0.2) is 4.39 Å². The third kappa shape index (κ3) is 3.27. The minimum Gasteiger partial charge on any atom is -0.349 e. The average molecular weight is 236 g/mol. The molecule has 1 aliphatic rings. The molecule has 1 aromatic rings. The Bertz CT molecular complexity index is 374. The highest BCUT2D eigenvalue weighted by molar-refractivity contribution is 5.94. The van der Waals surface area contributed by atoms with Crippen molar-refractivity contribution in [2.45, 2.75) is 18.5 Å². The van der Waals surface area contributed by atoms with E-state index in [-0.39, 0.29) is 12.5 Å². The Kier molecular flexibility index (Phi) is 3.74. The zero-order valence-corrected chi connectivity index (χ0v) is 9.71. The first-order chi connectivity index (χ1) is 8.20. The summed E-state index contributed by atoms with van der Waals surface area (Å²) < 4.78 is 14.2. The Morgan fingerprint density at radius 1 is 1.29 bits per heavy atom. The summed E-state index contributed by atoms with van der Waals surface area (Å²) in [4.78, 5) is 11.7. The SMILES string of the molecule is O=C(NCC1(F)CCNCC1)c1ccccc1. The fraction of sp³-hybridized carbons (Fsp3) is 0.462. The number of benzene rings is 1. The quantitative estimate of drug-likeness (QED) is 0.835. The Labute approximate surface area is 100 Å². The summed E-state index contributed by atoms with van der Waals surface area (Å²) in [6.07, 6.45) is 0.921. The molecule has 1 aromatic carbocycles. The van der Waals surface area contributed by atoms with Crippen LogP contribution in [-0.2, 0) is 0 Å². The van der Waals surface area contributed by atoms with Crippen LogP contribution >= 0.6 is 0 Å². The molecule has 0 saturated carbocycles. The monoisotopic (exact) mass is 236 g/mol. The van der Waals surface area contributed by atoms with Gasteiger partial charge in [-0.2, -0.15) is 0 Å². The van der Waals surface area contributed by atoms with E-state index < -0.39 is 5.67 Å². The first-order valence-electron chi connectivity index (χ1n) is 5.93. The van der Waals surface area contributed by atoms with Crippen LogP contribution in [0, 0.1) is 0 Å². The second-order valence-corrected chi connectivity index (χ2v) is 4.45. The van der Waals surface area contributed by atoms with Crippen LogP contribution < -0.4 is 10.6 Å². The van der Waals surface area contributed by atoms with Gasteiger partial charge in [0.25, 0.3) is 5.91 Å². The molecule has 0 radical (unpaired) electrons. The fourth-order valence-electron chi connectivity index (χ4n) is 1.98. The molecule has 3 nitrogen and oxygen atoms in total. The van der Waals surface area contributed by atoms with Crippen LogP contribution in [0.4, 0.5) is 4.39 Å². The lowest BCUT2D eigenvalue weighted by molar-refractivity contribution is 0.0837. The molecule has 2 N–H and O–H groups in total. The van der Waals surface area contributed by atoms with Gasteiger partial charge in [0.1, 0.15) is 5.67 Å². The van der Waals surface area contributed by atoms with E-state index in [2.05, 4.69) is 10.6 Å². The van der Waals surface area contributed by atoms with Gasteiger partial charge in [0.05, 0.1) is 6.54 Å². The molecule has 0 unspecified atom stereocenters. The molecule has 1 heterocycles. The lowest BCUT2D eigenvalue weighted by Crippen LogP contribution is -2.46. The summed E-state index contributed by atoms with van der Waals surface area (Å²) in [6.45, 7) is 1.46. The van der Waals surface area contributed by atoms with Crippen LogP contribution in [0.25, 0.3) is 0 Å². The Morgan fingerprint density at radius 3 is 2.59 bits per heavy atom. The van der Waals surface area contributed by atoms with Gasteiger partial charge in [0, 0.05) is 5.56 Å². The highest BCUT2D eigenvalue weighted by atomic mass is 19.1. The van der Waals surface area contributed by atoms with Crippen molar-refractivity contribution >= 4 is 5.91 Å². The van der Waals surface area contributed by atoms with Gasteiger partial charge in [0.2, 0.25) is 0 Å². The maximum Gasteiger partial charge on any atom is 0.251 e. The zero-order valence-electron chi connectivity index (χ0n) is 9.71. The van der Waals surface area contributed by atoms with Crippen LogP contribution in [-0.4, -0.2) is 31.2 Å². The average Bonchev–Trinajstić information content (AvgIpc) is 2.38. The number of piperidine rings is 1. The number of rotatable bonds is 3. The van der Waals surface area contributed by atoms with E-state index in [1.165, 1.54) is 0 Å². The van der Waals surface area contributed by atoms with Gasteiger partial charge in [-0.1, -0.05) is 18.2 Å². The molecule has 1 amide bonds. The standard InChI is InChI=1S/C13H17FN2O/c14-13(6-8-15-9-7-13)10-16-12(17)11-4-2-1-3-5-11/h1-5,15H,6-10H2,(H,16,17). The van der Waals surface area contributed by atoms with Gasteiger partial charge in [-0.15, -0.1) is 0 Å². The first-order valence-corrected chi connectivity index (χ1v) is 5.93. The van der Waals surface area contributed by atoms with Gasteiger partial charge >= 0.3 is 0 Å². The summed E-state index contributed by atoms with van der Waals surface area (Å²) in [5, 5.41) is 5.77. The fourth-order valence-corrected chi connectivity index (χ4v) is 1.98. The van der Waals surface area contributed by atoms with E-state index in [1.54, 1.807) is 24.3 Å². The molecule has 2 rings (SSSR count). The topological polar surface area (TPSA) is 41.1 Å². The number of alkyl halides is 1. The Hall–Kier alpha value is -1.42. The molecule has 17 heavy (non-hydrogen) atoms. The molecule has 1 saturated heterocycles. The van der Waals surface area contributed by atoms with Crippen molar-refractivity contribution in [2.24, 2.45) is 0 Å². The van der Waals surface area contributed by atoms with E-state index in [9.17, 15) is 9.18 Å². The summed E-state index contributed by atoms with van der Waals surface area (Å²) in [5.41, 5.74) is -0.680. The van der Waals surface area contributed by atoms with Crippen molar-refractivity contribution in [3.8, 4) is 0 Å². The second-order valence-electron chi connectivity index (χ2n) is 4.45. The van der Waals surface area contributed by atoms with Crippen molar-refractivity contribution in [3.05, 3.63) is 35.9 Å². The molecule has 92 valence electrons. The molecular formula is C13H17FN2O. The predicted octanol–water partition coefficient (Wildman–Crippen LogP) is 1.51. The molecular weight excluding hydrogens is 219 g/mol. The predicted molar refractivity (Wildman–Crippen MR) is 64.7 cm³/mol. The van der Waals surface area contributed by atoms with E-state index in [4.69, 9.17) is 0 Å². The van der Waals surface area contributed by atoms with E-state index in [0.29, 0.717) is 31.5 Å². The maximum absolute atomic E-state index is 14.2. The molecule has 0 bridgehead atoms. The van der Waals surface area contributed by atoms with E-state index in [1.807, 2.05) is 6.07 Å². The minimum absolute atomic E-state index is 0.0996. The normalized spacial score (nSPS) is 18.6. The third-order valence-electron chi connectivity index (χ3n) is 3.10. The molecule has 4 heteroatoms. The van der Waals surface area contributed by atoms with E-state index in [0.717, 1.165) is 0 Å². The van der Waals surface area contributed by atoms with Gasteiger partial charge in [0.15, 0.2) is 0 Å². The summed E-state index contributed by atoms with van der Waals surface area (Å²) in [5.74, 6) is -0.207. The molecule has 0 aromatic heterocycles. The molecule has 1 aliphatic heterocycles. The van der Waals surface area contributed by atoms with Crippen molar-refractivity contribution in [1.82, 2.24) is 10.6 Å². The minimum atomic E-state index is -1.25. The van der Waals surface area contributed by atoms with Crippen molar-refractivity contribution in [2.75, 3.05) is 19.6 Å². The van der Waals surface area contributed by atoms with Crippen LogP contribution in [0.15, 0.2) is 30.3 Å². The Morgan fingerprint density at radius 2 is 1.94 bits per heavy atom. The lowest BCUT2D eigenvalue weighted by Gasteiger charge is -2.30. The largest absolute Gasteiger partial charge is 0.349 e. The number of nitrogens with one attached hydrogen (secondary N) is 2. The molecule has 0 atom stereocenters. The molecule has 0 spiro atoms. The number of halogens is 1. The summed E-state index contributed by atoms with van der Waals surface area (Å²) in [6, 6.07) is 8.89. The number of carbonyl (C=O) groups excluding carboxylic acids is 1. The van der Waals surface area contributed by atoms with Crippen LogP contribution in [0.3, 0.4) is 0 Å². The highest BCUT2D eigenvalue weighted by Crippen LogP contribution is 2.22. The smallest absolute Gasteiger partial charge is 0.251 e. The third-order valence-corrected chi connectivity index (χ3v) is 3.10. The lowest BCUT2D eigenvalue weighted by atomic mass is 9.94. The summed E-state index contributed by atoms with van der Waals surface area (Å²) >= 11 is 0. The molecule has 1 fully saturated rings. The number of amides is 1. The second kappa shape index (κ2) is 5.27. The van der Waals surface area contributed by atoms with Gasteiger partial charge in [-0.3, -0.25) is 4.79 Å². The highest BCUT2D eigenvalue weighted by Gasteiger charge is 2.31. The van der Waals surface area contributed by atoms with Crippen molar-refractivity contribution < 1.29 is 9.18 Å². The number of hydrogen-bond donors (Lipinski definition) is 2. The molecule has 0 aliphatic carbocycles. The van der Waals surface area contributed by atoms with E-state index >= 15 is 0 Å². The Balaban J connectivity index is 1.87. The number of hydrogen-bond acceptors (Lipinski definition) is 2. The number of carbonyl (C=O) groups is 1. The maximum atomic E-state index is 14.2. The van der Waals surface area contributed by atoms with Gasteiger partial charge in [-0.05, 0) is 38.1 Å². The van der Waals surface area contributed by atoms with Crippen molar-refractivity contribution in [3.63, 3.8) is 0 Å². The van der Waals surface area contributed by atoms with Crippen LogP contribution in [0.5, 0.6) is 0 Å². The summed E-state index contributed by atoms with van der Waals surface area (Å²) in [7, 11) is 0. The first kappa shape index (κ1) is 12.0. The van der Waals surface area contributed by atoms with Crippen LogP contribution in [0.2, 0.25) is 0 Å².